The minimum atomic E-state index is -3.45. The van der Waals surface area contributed by atoms with E-state index in [2.05, 4.69) is 34.9 Å². The van der Waals surface area contributed by atoms with Crippen molar-refractivity contribution in [2.45, 2.75) is 37.2 Å². The van der Waals surface area contributed by atoms with Crippen LogP contribution in [0.5, 0.6) is 5.88 Å². The maximum Gasteiger partial charge on any atom is 0.280 e. The zero-order chi connectivity index (χ0) is 26.7. The van der Waals surface area contributed by atoms with Crippen LogP contribution in [0.15, 0.2) is 36.9 Å². The highest BCUT2D eigenvalue weighted by Crippen LogP contribution is 2.31. The van der Waals surface area contributed by atoms with Crippen LogP contribution in [0.1, 0.15) is 41.3 Å². The fraction of sp³-hybridized carbons (Fsp3) is 0.458. The zero-order valence-corrected chi connectivity index (χ0v) is 22.7. The standard InChI is InChI=1S/C24H29N7O5S2/c1-3-35-21-13-25-11-18(28-21)20-12-27-24(37-20)23(32)29-22(19-14-31(2)8-9-36-19)17-10-15(6-7-26-17)30-38(33,34)16-4-5-16/h6-7,10-13,16,19,22H,3-5,8-9,14H2,1-2H3,(H,26,30)(H,29,32). The summed E-state index contributed by atoms with van der Waals surface area (Å²) in [6.45, 7) is 4.15. The third-order valence-corrected chi connectivity index (χ3v) is 9.02. The molecule has 5 rings (SSSR count). The normalized spacial score (nSPS) is 19.1. The van der Waals surface area contributed by atoms with Crippen LogP contribution >= 0.6 is 11.3 Å². The van der Waals surface area contributed by atoms with E-state index in [-0.39, 0.29) is 10.3 Å². The molecular formula is C24H29N7O5S2. The van der Waals surface area contributed by atoms with Gasteiger partial charge in [0.05, 0.1) is 59.3 Å². The molecule has 2 atom stereocenters. The summed E-state index contributed by atoms with van der Waals surface area (Å²) < 4.78 is 39.0. The Balaban J connectivity index is 1.38. The van der Waals surface area contributed by atoms with Crippen LogP contribution in [0.4, 0.5) is 5.69 Å². The van der Waals surface area contributed by atoms with Crippen molar-refractivity contribution in [3.05, 3.63) is 47.6 Å². The van der Waals surface area contributed by atoms with Crippen LogP contribution < -0.4 is 14.8 Å². The highest BCUT2D eigenvalue weighted by molar-refractivity contribution is 7.93. The highest BCUT2D eigenvalue weighted by atomic mass is 32.2. The first-order chi connectivity index (χ1) is 18.3. The molecule has 1 amide bonds. The molecule has 1 saturated carbocycles. The van der Waals surface area contributed by atoms with E-state index in [0.717, 1.165) is 6.54 Å². The van der Waals surface area contributed by atoms with Gasteiger partial charge in [0, 0.05) is 25.5 Å². The molecule has 3 aromatic heterocycles. The number of sulfonamides is 1. The van der Waals surface area contributed by atoms with Gasteiger partial charge in [-0.05, 0) is 38.9 Å². The summed E-state index contributed by atoms with van der Waals surface area (Å²) in [7, 11) is -1.47. The fourth-order valence-electron chi connectivity index (χ4n) is 4.06. The Kier molecular flexibility index (Phi) is 7.83. The van der Waals surface area contributed by atoms with Crippen molar-refractivity contribution < 1.29 is 22.7 Å². The maximum atomic E-state index is 13.3. The van der Waals surface area contributed by atoms with Gasteiger partial charge in [-0.25, -0.2) is 18.4 Å². The van der Waals surface area contributed by atoms with Gasteiger partial charge in [-0.15, -0.1) is 11.3 Å². The van der Waals surface area contributed by atoms with Gasteiger partial charge in [0.15, 0.2) is 5.01 Å². The number of ether oxygens (including phenoxy) is 2. The van der Waals surface area contributed by atoms with Gasteiger partial charge in [-0.2, -0.15) is 0 Å². The largest absolute Gasteiger partial charge is 0.477 e. The molecule has 2 aliphatic rings. The molecule has 1 aliphatic heterocycles. The number of anilines is 1. The van der Waals surface area contributed by atoms with Crippen molar-refractivity contribution >= 4 is 33.0 Å². The second-order valence-corrected chi connectivity index (χ2v) is 12.1. The number of nitrogens with zero attached hydrogens (tertiary/aromatic N) is 5. The predicted molar refractivity (Wildman–Crippen MR) is 142 cm³/mol. The minimum Gasteiger partial charge on any atom is -0.477 e. The molecule has 0 aromatic carbocycles. The summed E-state index contributed by atoms with van der Waals surface area (Å²) in [5.74, 6) is -0.00550. The second-order valence-electron chi connectivity index (χ2n) is 9.14. The van der Waals surface area contributed by atoms with Crippen LogP contribution in [0.2, 0.25) is 0 Å². The van der Waals surface area contributed by atoms with Crippen molar-refractivity contribution in [2.75, 3.05) is 38.1 Å². The molecule has 1 aliphatic carbocycles. The Morgan fingerprint density at radius 3 is 2.89 bits per heavy atom. The Hall–Kier alpha value is -3.20. The summed E-state index contributed by atoms with van der Waals surface area (Å²) in [6.07, 6.45) is 7.14. The van der Waals surface area contributed by atoms with Gasteiger partial charge in [0.2, 0.25) is 15.9 Å². The quantitative estimate of drug-likeness (QED) is 0.378. The molecule has 202 valence electrons. The first-order valence-corrected chi connectivity index (χ1v) is 14.7. The smallest absolute Gasteiger partial charge is 0.280 e. The molecule has 1 saturated heterocycles. The fourth-order valence-corrected chi connectivity index (χ4v) is 6.22. The van der Waals surface area contributed by atoms with E-state index in [9.17, 15) is 13.2 Å². The molecule has 0 radical (unpaired) electrons. The SMILES string of the molecule is CCOc1cncc(-c2cnc(C(=O)NC(c3cc(NS(=O)(=O)C4CC4)ccn3)C3CN(C)CCO3)s2)n1. The van der Waals surface area contributed by atoms with Gasteiger partial charge in [-0.3, -0.25) is 19.5 Å². The average molecular weight is 560 g/mol. The third-order valence-electron chi connectivity index (χ3n) is 6.14. The third kappa shape index (κ3) is 6.26. The average Bonchev–Trinajstić information content (AvgIpc) is 3.65. The number of carbonyl (C=O) groups excluding carboxylic acids is 1. The van der Waals surface area contributed by atoms with E-state index in [0.29, 0.717) is 60.4 Å². The number of hydrogen-bond acceptors (Lipinski definition) is 11. The first kappa shape index (κ1) is 26.4. The van der Waals surface area contributed by atoms with E-state index < -0.39 is 28.1 Å². The van der Waals surface area contributed by atoms with Gasteiger partial charge >= 0.3 is 0 Å². The van der Waals surface area contributed by atoms with Crippen LogP contribution in [0.25, 0.3) is 10.6 Å². The molecule has 12 nitrogen and oxygen atoms in total. The number of amides is 1. The number of likely N-dealkylation sites (N-methyl/N-ethyl adjacent to an activating group) is 1. The molecular weight excluding hydrogens is 530 g/mol. The van der Waals surface area contributed by atoms with Crippen molar-refractivity contribution in [1.29, 1.82) is 0 Å². The Morgan fingerprint density at radius 1 is 1.29 bits per heavy atom. The highest BCUT2D eigenvalue weighted by Gasteiger charge is 2.36. The van der Waals surface area contributed by atoms with Crippen molar-refractivity contribution in [3.8, 4) is 16.5 Å². The monoisotopic (exact) mass is 559 g/mol. The van der Waals surface area contributed by atoms with E-state index in [1.54, 1.807) is 24.5 Å². The van der Waals surface area contributed by atoms with E-state index in [4.69, 9.17) is 9.47 Å². The summed E-state index contributed by atoms with van der Waals surface area (Å²) >= 11 is 1.18. The molecule has 0 spiro atoms. The second kappa shape index (κ2) is 11.3. The maximum absolute atomic E-state index is 13.3. The predicted octanol–water partition coefficient (Wildman–Crippen LogP) is 2.10. The number of pyridine rings is 1. The summed E-state index contributed by atoms with van der Waals surface area (Å²) in [4.78, 5) is 33.5. The van der Waals surface area contributed by atoms with Crippen molar-refractivity contribution in [3.63, 3.8) is 0 Å². The van der Waals surface area contributed by atoms with E-state index in [1.807, 2.05) is 14.0 Å². The van der Waals surface area contributed by atoms with Crippen LogP contribution in [-0.4, -0.2) is 83.9 Å². The van der Waals surface area contributed by atoms with Gasteiger partial charge in [0.1, 0.15) is 5.69 Å². The number of carbonyl (C=O) groups is 1. The molecule has 14 heteroatoms. The number of aromatic nitrogens is 4. The van der Waals surface area contributed by atoms with Crippen molar-refractivity contribution in [1.82, 2.24) is 30.2 Å². The topological polar surface area (TPSA) is 149 Å². The molecule has 0 bridgehead atoms. The number of thiazole rings is 1. The van der Waals surface area contributed by atoms with Gasteiger partial charge in [-0.1, -0.05) is 0 Å². The summed E-state index contributed by atoms with van der Waals surface area (Å²) in [5.41, 5.74) is 1.44. The molecule has 38 heavy (non-hydrogen) atoms. The number of nitrogens with one attached hydrogen (secondary N) is 2. The Bertz CT molecular complexity index is 1400. The van der Waals surface area contributed by atoms with Crippen LogP contribution in [-0.2, 0) is 14.8 Å². The lowest BCUT2D eigenvalue weighted by molar-refractivity contribution is -0.0387. The number of hydrogen-bond donors (Lipinski definition) is 2. The first-order valence-electron chi connectivity index (χ1n) is 12.3. The molecule has 2 unspecified atom stereocenters. The summed E-state index contributed by atoms with van der Waals surface area (Å²) in [5, 5.41) is 2.90. The lowest BCUT2D eigenvalue weighted by atomic mass is 10.0. The Morgan fingerprint density at radius 2 is 2.13 bits per heavy atom. The van der Waals surface area contributed by atoms with Crippen LogP contribution in [0, 0.1) is 0 Å². The Labute approximate surface area is 224 Å². The van der Waals surface area contributed by atoms with E-state index in [1.165, 1.54) is 23.7 Å². The van der Waals surface area contributed by atoms with Gasteiger partial charge < -0.3 is 19.7 Å². The molecule has 3 aromatic rings. The summed E-state index contributed by atoms with van der Waals surface area (Å²) in [6, 6.07) is 2.61. The molecule has 2 N–H and O–H groups in total. The van der Waals surface area contributed by atoms with Gasteiger partial charge in [0.25, 0.3) is 5.91 Å². The molecule has 4 heterocycles. The number of morpholine rings is 1. The lowest BCUT2D eigenvalue weighted by Crippen LogP contribution is -2.48. The van der Waals surface area contributed by atoms with Crippen molar-refractivity contribution in [2.24, 2.45) is 0 Å². The van der Waals surface area contributed by atoms with Crippen LogP contribution in [0.3, 0.4) is 0 Å². The minimum absolute atomic E-state index is 0.239. The zero-order valence-electron chi connectivity index (χ0n) is 21.0. The lowest BCUT2D eigenvalue weighted by Gasteiger charge is -2.35. The number of rotatable bonds is 10. The van der Waals surface area contributed by atoms with E-state index >= 15 is 0 Å². The molecule has 2 fully saturated rings.